The monoisotopic (exact) mass is 300 g/mol. The highest BCUT2D eigenvalue weighted by atomic mass is 16.5. The average Bonchev–Trinajstić information content (AvgIpc) is 2.98. The lowest BCUT2D eigenvalue weighted by molar-refractivity contribution is 0.0333. The van der Waals surface area contributed by atoms with Gasteiger partial charge in [0.05, 0.1) is 19.4 Å². The van der Waals surface area contributed by atoms with E-state index in [1.165, 1.54) is 11.1 Å². The number of benzene rings is 1. The summed E-state index contributed by atoms with van der Waals surface area (Å²) < 4.78 is 5.45. The molecule has 2 heterocycles. The van der Waals surface area contributed by atoms with Crippen molar-refractivity contribution < 1.29 is 4.74 Å². The van der Waals surface area contributed by atoms with Crippen LogP contribution in [-0.4, -0.2) is 47.9 Å². The molecule has 2 aromatic rings. The lowest BCUT2D eigenvalue weighted by Gasteiger charge is -2.31. The third-order valence-corrected chi connectivity index (χ3v) is 4.22. The number of rotatable bonds is 6. The van der Waals surface area contributed by atoms with Crippen molar-refractivity contribution in [3.63, 3.8) is 0 Å². The second kappa shape index (κ2) is 7.54. The van der Waals surface area contributed by atoms with Gasteiger partial charge in [0, 0.05) is 43.5 Å². The summed E-state index contributed by atoms with van der Waals surface area (Å²) in [4.78, 5) is 2.47. The molecule has 1 fully saturated rings. The maximum atomic E-state index is 5.45. The van der Waals surface area contributed by atoms with Crippen LogP contribution in [0.1, 0.15) is 22.9 Å². The second-order valence-corrected chi connectivity index (χ2v) is 5.78. The third kappa shape index (κ3) is 3.94. The molecule has 0 unspecified atom stereocenters. The first-order valence-electron chi connectivity index (χ1n) is 7.90. The minimum atomic E-state index is 0.314. The van der Waals surface area contributed by atoms with Crippen LogP contribution >= 0.6 is 0 Å². The number of hydrogen-bond acceptors (Lipinski definition) is 4. The average molecular weight is 300 g/mol. The number of nitrogens with zero attached hydrogens (tertiary/aromatic N) is 2. The van der Waals surface area contributed by atoms with Gasteiger partial charge in [-0.3, -0.25) is 10.00 Å². The first-order valence-corrected chi connectivity index (χ1v) is 7.90. The van der Waals surface area contributed by atoms with Crippen molar-refractivity contribution in [1.82, 2.24) is 20.4 Å². The number of hydrogen-bond donors (Lipinski definition) is 2. The van der Waals surface area contributed by atoms with Crippen LogP contribution in [0.4, 0.5) is 0 Å². The van der Waals surface area contributed by atoms with Gasteiger partial charge in [0.25, 0.3) is 0 Å². The van der Waals surface area contributed by atoms with Crippen molar-refractivity contribution >= 4 is 0 Å². The van der Waals surface area contributed by atoms with Gasteiger partial charge < -0.3 is 10.1 Å². The summed E-state index contributed by atoms with van der Waals surface area (Å²) in [6, 6.07) is 11.0. The summed E-state index contributed by atoms with van der Waals surface area (Å²) in [5, 5.41) is 10.8. The smallest absolute Gasteiger partial charge is 0.0594 e. The molecule has 0 spiro atoms. The lowest BCUT2D eigenvalue weighted by Crippen LogP contribution is -2.41. The van der Waals surface area contributed by atoms with Gasteiger partial charge in [-0.05, 0) is 12.5 Å². The zero-order valence-corrected chi connectivity index (χ0v) is 13.1. The molecule has 1 saturated heterocycles. The summed E-state index contributed by atoms with van der Waals surface area (Å²) in [6.07, 6.45) is 1.90. The molecule has 5 nitrogen and oxygen atoms in total. The number of H-pyrrole nitrogens is 1. The maximum Gasteiger partial charge on any atom is 0.0594 e. The fourth-order valence-electron chi connectivity index (χ4n) is 2.80. The molecule has 0 aliphatic carbocycles. The van der Waals surface area contributed by atoms with Gasteiger partial charge in [-0.2, -0.15) is 5.10 Å². The molecule has 2 N–H and O–H groups in total. The van der Waals surface area contributed by atoms with E-state index in [4.69, 9.17) is 4.74 Å². The molecule has 1 aromatic heterocycles. The van der Waals surface area contributed by atoms with Gasteiger partial charge in [-0.1, -0.05) is 30.3 Å². The molecule has 1 aliphatic heterocycles. The Kier molecular flexibility index (Phi) is 5.21. The Morgan fingerprint density at radius 3 is 2.73 bits per heavy atom. The Balaban J connectivity index is 1.67. The van der Waals surface area contributed by atoms with Crippen LogP contribution in [0.3, 0.4) is 0 Å². The highest BCUT2D eigenvalue weighted by Gasteiger charge is 2.18. The molecular weight excluding hydrogens is 276 g/mol. The van der Waals surface area contributed by atoms with E-state index >= 15 is 0 Å². The number of morpholine rings is 1. The molecule has 1 aromatic carbocycles. The number of aromatic amines is 1. The van der Waals surface area contributed by atoms with E-state index in [1.807, 2.05) is 6.20 Å². The number of aryl methyl sites for hydroxylation is 1. The van der Waals surface area contributed by atoms with Gasteiger partial charge >= 0.3 is 0 Å². The SMILES string of the molecule is Cc1[nH]ncc1CN[C@@H](CN1CCOCC1)c1ccccc1. The van der Waals surface area contributed by atoms with Gasteiger partial charge in [0.1, 0.15) is 0 Å². The normalized spacial score (nSPS) is 17.5. The lowest BCUT2D eigenvalue weighted by atomic mass is 10.1. The molecule has 22 heavy (non-hydrogen) atoms. The van der Waals surface area contributed by atoms with Gasteiger partial charge in [0.2, 0.25) is 0 Å². The van der Waals surface area contributed by atoms with Crippen LogP contribution in [0.25, 0.3) is 0 Å². The van der Waals surface area contributed by atoms with Crippen LogP contribution in [0.5, 0.6) is 0 Å². The maximum absolute atomic E-state index is 5.45. The standard InChI is InChI=1S/C17H24N4O/c1-14-16(12-19-20-14)11-18-17(15-5-3-2-4-6-15)13-21-7-9-22-10-8-21/h2-6,12,17-18H,7-11,13H2,1H3,(H,19,20)/t17-/m0/s1. The van der Waals surface area contributed by atoms with E-state index in [-0.39, 0.29) is 0 Å². The zero-order valence-electron chi connectivity index (χ0n) is 13.1. The van der Waals surface area contributed by atoms with E-state index in [2.05, 4.69) is 57.7 Å². The number of aromatic nitrogens is 2. The second-order valence-electron chi connectivity index (χ2n) is 5.78. The highest BCUT2D eigenvalue weighted by molar-refractivity contribution is 5.20. The van der Waals surface area contributed by atoms with E-state index in [0.717, 1.165) is 45.1 Å². The molecule has 3 rings (SSSR count). The Labute approximate surface area is 131 Å². The molecule has 0 radical (unpaired) electrons. The topological polar surface area (TPSA) is 53.2 Å². The molecule has 118 valence electrons. The van der Waals surface area contributed by atoms with Crippen LogP contribution in [-0.2, 0) is 11.3 Å². The first-order chi connectivity index (χ1) is 10.8. The number of ether oxygens (including phenoxy) is 1. The van der Waals surface area contributed by atoms with Crippen molar-refractivity contribution in [2.45, 2.75) is 19.5 Å². The summed E-state index contributed by atoms with van der Waals surface area (Å²) in [5.74, 6) is 0. The molecule has 5 heteroatoms. The molecule has 0 amide bonds. The van der Waals surface area contributed by atoms with Gasteiger partial charge in [-0.15, -0.1) is 0 Å². The van der Waals surface area contributed by atoms with Gasteiger partial charge in [0.15, 0.2) is 0 Å². The van der Waals surface area contributed by atoms with Crippen LogP contribution in [0.15, 0.2) is 36.5 Å². The minimum absolute atomic E-state index is 0.314. The quantitative estimate of drug-likeness (QED) is 0.855. The Morgan fingerprint density at radius 2 is 2.05 bits per heavy atom. The van der Waals surface area contributed by atoms with Crippen LogP contribution in [0, 0.1) is 6.92 Å². The van der Waals surface area contributed by atoms with Crippen molar-refractivity contribution in [2.24, 2.45) is 0 Å². The molecular formula is C17H24N4O. The minimum Gasteiger partial charge on any atom is -0.379 e. The van der Waals surface area contributed by atoms with Crippen LogP contribution in [0.2, 0.25) is 0 Å². The van der Waals surface area contributed by atoms with E-state index in [9.17, 15) is 0 Å². The van der Waals surface area contributed by atoms with Crippen molar-refractivity contribution in [1.29, 1.82) is 0 Å². The molecule has 1 atom stereocenters. The Bertz CT molecular complexity index is 563. The van der Waals surface area contributed by atoms with E-state index in [0.29, 0.717) is 6.04 Å². The predicted molar refractivity (Wildman–Crippen MR) is 86.6 cm³/mol. The van der Waals surface area contributed by atoms with E-state index < -0.39 is 0 Å². The summed E-state index contributed by atoms with van der Waals surface area (Å²) in [6.45, 7) is 7.58. The van der Waals surface area contributed by atoms with Crippen molar-refractivity contribution in [3.8, 4) is 0 Å². The number of nitrogens with one attached hydrogen (secondary N) is 2. The predicted octanol–water partition coefficient (Wildman–Crippen LogP) is 1.88. The fourth-order valence-corrected chi connectivity index (χ4v) is 2.80. The Morgan fingerprint density at radius 1 is 1.27 bits per heavy atom. The summed E-state index contributed by atoms with van der Waals surface area (Å²) in [7, 11) is 0. The fraction of sp³-hybridized carbons (Fsp3) is 0.471. The largest absolute Gasteiger partial charge is 0.379 e. The molecule has 0 saturated carbocycles. The van der Waals surface area contributed by atoms with Crippen molar-refractivity contribution in [2.75, 3.05) is 32.8 Å². The Hall–Kier alpha value is -1.69. The highest BCUT2D eigenvalue weighted by Crippen LogP contribution is 2.16. The molecule has 0 bridgehead atoms. The van der Waals surface area contributed by atoms with Crippen molar-refractivity contribution in [3.05, 3.63) is 53.3 Å². The summed E-state index contributed by atoms with van der Waals surface area (Å²) >= 11 is 0. The summed E-state index contributed by atoms with van der Waals surface area (Å²) in [5.41, 5.74) is 3.68. The zero-order chi connectivity index (χ0) is 15.2. The first kappa shape index (κ1) is 15.2. The van der Waals surface area contributed by atoms with Gasteiger partial charge in [-0.25, -0.2) is 0 Å². The van der Waals surface area contributed by atoms with E-state index in [1.54, 1.807) is 0 Å². The molecule has 1 aliphatic rings. The third-order valence-electron chi connectivity index (χ3n) is 4.22. The van der Waals surface area contributed by atoms with Crippen LogP contribution < -0.4 is 5.32 Å².